The Morgan fingerprint density at radius 1 is 1.25 bits per heavy atom. The Hall–Kier alpha value is -2.03. The van der Waals surface area contributed by atoms with Gasteiger partial charge in [0.2, 0.25) is 0 Å². The summed E-state index contributed by atoms with van der Waals surface area (Å²) in [4.78, 5) is 18.2. The summed E-state index contributed by atoms with van der Waals surface area (Å²) in [5.74, 6) is -1.78. The molecule has 148 valence electrons. The second-order valence-electron chi connectivity index (χ2n) is 6.37. The Labute approximate surface area is 169 Å². The molecule has 0 spiro atoms. The van der Waals surface area contributed by atoms with Crippen molar-refractivity contribution in [3.8, 4) is 0 Å². The van der Waals surface area contributed by atoms with Crippen LogP contribution in [0.25, 0.3) is 10.2 Å². The molecule has 0 radical (unpaired) electrons. The Morgan fingerprint density at radius 3 is 2.61 bits per heavy atom. The van der Waals surface area contributed by atoms with Crippen molar-refractivity contribution in [2.24, 2.45) is 4.99 Å². The molecule has 3 rings (SSSR count). The lowest BCUT2D eigenvalue weighted by atomic mass is 10.2. The Bertz CT molecular complexity index is 1060. The van der Waals surface area contributed by atoms with Crippen molar-refractivity contribution in [1.82, 2.24) is 4.57 Å². The molecule has 0 fully saturated rings. The van der Waals surface area contributed by atoms with Crippen molar-refractivity contribution in [2.75, 3.05) is 13.7 Å². The SMILES string of the molecule is COCCn1c(=NC(=O)c2ccc(SC(C)C)cc2)sc2cc(F)cc(F)c21. The highest BCUT2D eigenvalue weighted by molar-refractivity contribution is 7.99. The fourth-order valence-electron chi connectivity index (χ4n) is 2.70. The second-order valence-corrected chi connectivity index (χ2v) is 9.03. The summed E-state index contributed by atoms with van der Waals surface area (Å²) in [7, 11) is 1.53. The van der Waals surface area contributed by atoms with Crippen LogP contribution in [0, 0.1) is 11.6 Å². The minimum atomic E-state index is -0.689. The maximum atomic E-state index is 14.3. The Kier molecular flexibility index (Phi) is 6.64. The number of carbonyl (C=O) groups is 1. The van der Waals surface area contributed by atoms with Crippen LogP contribution in [0.5, 0.6) is 0 Å². The number of amides is 1. The first-order valence-corrected chi connectivity index (χ1v) is 10.4. The number of hydrogen-bond donors (Lipinski definition) is 0. The third-order valence-corrected chi connectivity index (χ3v) is 5.93. The van der Waals surface area contributed by atoms with E-state index in [0.29, 0.717) is 33.5 Å². The predicted molar refractivity (Wildman–Crippen MR) is 109 cm³/mol. The van der Waals surface area contributed by atoms with Gasteiger partial charge in [-0.05, 0) is 30.3 Å². The molecule has 0 aliphatic carbocycles. The average Bonchev–Trinajstić information content (AvgIpc) is 2.97. The molecule has 8 heteroatoms. The van der Waals surface area contributed by atoms with E-state index in [2.05, 4.69) is 18.8 Å². The van der Waals surface area contributed by atoms with Crippen molar-refractivity contribution >= 4 is 39.2 Å². The van der Waals surface area contributed by atoms with Crippen molar-refractivity contribution in [3.05, 3.63) is 58.4 Å². The van der Waals surface area contributed by atoms with Gasteiger partial charge in [-0.15, -0.1) is 11.8 Å². The molecule has 1 heterocycles. The Morgan fingerprint density at radius 2 is 1.96 bits per heavy atom. The molecule has 0 aliphatic rings. The number of rotatable bonds is 6. The summed E-state index contributed by atoms with van der Waals surface area (Å²) in [5, 5.41) is 0.444. The van der Waals surface area contributed by atoms with Crippen LogP contribution in [0.4, 0.5) is 8.78 Å². The van der Waals surface area contributed by atoms with E-state index in [1.54, 1.807) is 28.5 Å². The first kappa shape index (κ1) is 20.7. The number of hydrogen-bond acceptors (Lipinski definition) is 4. The molecule has 0 N–H and O–H groups in total. The number of nitrogens with zero attached hydrogens (tertiary/aromatic N) is 2. The lowest BCUT2D eigenvalue weighted by molar-refractivity contribution is 0.0997. The summed E-state index contributed by atoms with van der Waals surface area (Å²) in [6, 6.07) is 9.29. The second kappa shape index (κ2) is 8.98. The molecule has 1 aromatic heterocycles. The summed E-state index contributed by atoms with van der Waals surface area (Å²) >= 11 is 2.78. The fourth-order valence-corrected chi connectivity index (χ4v) is 4.64. The highest BCUT2D eigenvalue weighted by Gasteiger charge is 2.14. The van der Waals surface area contributed by atoms with Gasteiger partial charge in [-0.2, -0.15) is 4.99 Å². The molecule has 2 aromatic carbocycles. The van der Waals surface area contributed by atoms with E-state index in [4.69, 9.17) is 4.74 Å². The van der Waals surface area contributed by atoms with Gasteiger partial charge < -0.3 is 9.30 Å². The minimum Gasteiger partial charge on any atom is -0.383 e. The molecule has 28 heavy (non-hydrogen) atoms. The number of carbonyl (C=O) groups excluding carboxylic acids is 1. The van der Waals surface area contributed by atoms with Gasteiger partial charge in [0.05, 0.1) is 16.8 Å². The van der Waals surface area contributed by atoms with Gasteiger partial charge in [0, 0.05) is 35.4 Å². The number of fused-ring (bicyclic) bond motifs is 1. The van der Waals surface area contributed by atoms with Crippen molar-refractivity contribution in [2.45, 2.75) is 30.5 Å². The van der Waals surface area contributed by atoms with E-state index in [1.807, 2.05) is 12.1 Å². The van der Waals surface area contributed by atoms with Crippen LogP contribution >= 0.6 is 23.1 Å². The third kappa shape index (κ3) is 4.68. The van der Waals surface area contributed by atoms with Crippen molar-refractivity contribution < 1.29 is 18.3 Å². The Balaban J connectivity index is 2.02. The topological polar surface area (TPSA) is 43.6 Å². The maximum absolute atomic E-state index is 14.3. The van der Waals surface area contributed by atoms with Crippen LogP contribution in [0.15, 0.2) is 46.3 Å². The molecular weight excluding hydrogens is 402 g/mol. The number of aromatic nitrogens is 1. The number of ether oxygens (including phenoxy) is 1. The van der Waals surface area contributed by atoms with Crippen LogP contribution in [-0.2, 0) is 11.3 Å². The molecule has 3 aromatic rings. The molecule has 1 amide bonds. The largest absolute Gasteiger partial charge is 0.383 e. The zero-order valence-corrected chi connectivity index (χ0v) is 17.4. The van der Waals surface area contributed by atoms with Crippen LogP contribution in [0.3, 0.4) is 0 Å². The van der Waals surface area contributed by atoms with E-state index in [-0.39, 0.29) is 5.52 Å². The standard InChI is InChI=1S/C20H20F2N2O2S2/c1-12(2)27-15-6-4-13(5-7-15)19(25)23-20-24(8-9-26-3)18-16(22)10-14(21)11-17(18)28-20/h4-7,10-12H,8-9H2,1-3H3. The van der Waals surface area contributed by atoms with Crippen LogP contribution in [0.1, 0.15) is 24.2 Å². The summed E-state index contributed by atoms with van der Waals surface area (Å²) in [6.07, 6.45) is 0. The zero-order valence-electron chi connectivity index (χ0n) is 15.7. The van der Waals surface area contributed by atoms with Crippen LogP contribution < -0.4 is 4.80 Å². The highest BCUT2D eigenvalue weighted by atomic mass is 32.2. The predicted octanol–water partition coefficient (Wildman–Crippen LogP) is 4.87. The van der Waals surface area contributed by atoms with Crippen molar-refractivity contribution in [1.29, 1.82) is 0 Å². The lowest BCUT2D eigenvalue weighted by Gasteiger charge is -2.06. The normalized spacial score (nSPS) is 12.3. The first-order chi connectivity index (χ1) is 13.4. The number of thiazole rings is 1. The molecule has 0 saturated carbocycles. The van der Waals surface area contributed by atoms with Gasteiger partial charge >= 0.3 is 0 Å². The van der Waals surface area contributed by atoms with Crippen LogP contribution in [-0.4, -0.2) is 29.4 Å². The van der Waals surface area contributed by atoms with Gasteiger partial charge in [0.15, 0.2) is 10.6 Å². The summed E-state index contributed by atoms with van der Waals surface area (Å²) in [5.41, 5.74) is 0.661. The molecule has 0 bridgehead atoms. The minimum absolute atomic E-state index is 0.221. The number of benzene rings is 2. The fraction of sp³-hybridized carbons (Fsp3) is 0.300. The average molecular weight is 423 g/mol. The third-order valence-electron chi connectivity index (χ3n) is 3.88. The van der Waals surface area contributed by atoms with E-state index in [1.165, 1.54) is 13.2 Å². The maximum Gasteiger partial charge on any atom is 0.279 e. The monoisotopic (exact) mass is 422 g/mol. The first-order valence-electron chi connectivity index (χ1n) is 8.72. The van der Waals surface area contributed by atoms with E-state index in [9.17, 15) is 13.6 Å². The van der Waals surface area contributed by atoms with Crippen molar-refractivity contribution in [3.63, 3.8) is 0 Å². The van der Waals surface area contributed by atoms with Gasteiger partial charge in [0.1, 0.15) is 5.82 Å². The molecular formula is C20H20F2N2O2S2. The number of methoxy groups -OCH3 is 1. The number of halogens is 2. The molecule has 0 unspecified atom stereocenters. The van der Waals surface area contributed by atoms with Gasteiger partial charge in [0.25, 0.3) is 5.91 Å². The molecule has 0 atom stereocenters. The lowest BCUT2D eigenvalue weighted by Crippen LogP contribution is -2.19. The van der Waals surface area contributed by atoms with Crippen LogP contribution in [0.2, 0.25) is 0 Å². The smallest absolute Gasteiger partial charge is 0.279 e. The molecule has 4 nitrogen and oxygen atoms in total. The summed E-state index contributed by atoms with van der Waals surface area (Å²) in [6.45, 7) is 4.81. The quantitative estimate of drug-likeness (QED) is 0.533. The van der Waals surface area contributed by atoms with E-state index >= 15 is 0 Å². The van der Waals surface area contributed by atoms with E-state index in [0.717, 1.165) is 22.3 Å². The number of thioether (sulfide) groups is 1. The molecule has 0 saturated heterocycles. The van der Waals surface area contributed by atoms with E-state index < -0.39 is 17.5 Å². The van der Waals surface area contributed by atoms with Gasteiger partial charge in [-0.1, -0.05) is 25.2 Å². The molecule has 0 aliphatic heterocycles. The zero-order chi connectivity index (χ0) is 20.3. The summed E-state index contributed by atoms with van der Waals surface area (Å²) < 4.78 is 34.9. The van der Waals surface area contributed by atoms with Gasteiger partial charge in [-0.25, -0.2) is 8.78 Å². The van der Waals surface area contributed by atoms with Gasteiger partial charge in [-0.3, -0.25) is 4.79 Å². The highest BCUT2D eigenvalue weighted by Crippen LogP contribution is 2.24.